The van der Waals surface area contributed by atoms with Crippen LogP contribution in [0.15, 0.2) is 42.2 Å². The maximum absolute atomic E-state index is 12.4. The van der Waals surface area contributed by atoms with Crippen molar-refractivity contribution in [1.29, 1.82) is 0 Å². The molecule has 0 atom stereocenters. The van der Waals surface area contributed by atoms with Crippen molar-refractivity contribution in [2.75, 3.05) is 21.3 Å². The average Bonchev–Trinajstić information content (AvgIpc) is 2.90. The molecule has 0 fully saturated rings. The molecular weight excluding hydrogens is 296 g/mol. The summed E-state index contributed by atoms with van der Waals surface area (Å²) in [5, 5.41) is 0. The monoisotopic (exact) mass is 312 g/mol. The van der Waals surface area contributed by atoms with Crippen molar-refractivity contribution in [3.8, 4) is 23.0 Å². The number of rotatable bonds is 4. The van der Waals surface area contributed by atoms with Crippen LogP contribution in [0.5, 0.6) is 23.0 Å². The van der Waals surface area contributed by atoms with E-state index in [1.54, 1.807) is 51.7 Å². The Morgan fingerprint density at radius 1 is 0.957 bits per heavy atom. The number of fused-ring (bicyclic) bond motifs is 1. The maximum Gasteiger partial charge on any atom is 0.231 e. The molecule has 0 N–H and O–H groups in total. The van der Waals surface area contributed by atoms with Gasteiger partial charge < -0.3 is 18.9 Å². The number of ether oxygens (including phenoxy) is 4. The van der Waals surface area contributed by atoms with Crippen LogP contribution in [0.1, 0.15) is 15.9 Å². The number of allylic oxidation sites excluding steroid dienone is 1. The highest BCUT2D eigenvalue weighted by Gasteiger charge is 2.26. The lowest BCUT2D eigenvalue weighted by atomic mass is 10.1. The Kier molecular flexibility index (Phi) is 3.93. The molecule has 0 spiro atoms. The third kappa shape index (κ3) is 2.61. The van der Waals surface area contributed by atoms with E-state index in [1.165, 1.54) is 0 Å². The number of carbonyl (C=O) groups is 1. The largest absolute Gasteiger partial charge is 0.493 e. The lowest BCUT2D eigenvalue weighted by molar-refractivity contribution is 0.101. The molecule has 0 unspecified atom stereocenters. The van der Waals surface area contributed by atoms with Crippen LogP contribution >= 0.6 is 0 Å². The predicted octanol–water partition coefficient (Wildman–Crippen LogP) is 3.33. The minimum Gasteiger partial charge on any atom is -0.493 e. The van der Waals surface area contributed by atoms with Gasteiger partial charge in [-0.15, -0.1) is 0 Å². The topological polar surface area (TPSA) is 54.0 Å². The normalized spacial score (nSPS) is 14.4. The second-order valence-corrected chi connectivity index (χ2v) is 4.89. The Morgan fingerprint density at radius 2 is 1.61 bits per heavy atom. The van der Waals surface area contributed by atoms with Crippen molar-refractivity contribution in [2.45, 2.75) is 0 Å². The summed E-state index contributed by atoms with van der Waals surface area (Å²) in [5.74, 6) is 2.22. The highest BCUT2D eigenvalue weighted by Crippen LogP contribution is 2.39. The summed E-state index contributed by atoms with van der Waals surface area (Å²) in [6.45, 7) is 0. The summed E-state index contributed by atoms with van der Waals surface area (Å²) in [6, 6.07) is 10.7. The molecular formula is C18H16O5. The fraction of sp³-hybridized carbons (Fsp3) is 0.167. The summed E-state index contributed by atoms with van der Waals surface area (Å²) in [7, 11) is 4.63. The first-order chi connectivity index (χ1) is 11.2. The van der Waals surface area contributed by atoms with E-state index in [0.717, 1.165) is 5.56 Å². The van der Waals surface area contributed by atoms with Crippen LogP contribution in [-0.2, 0) is 0 Å². The standard InChI is InChI=1S/C18H16O5/c1-20-15-9-11(10-16(21-2)18(15)22-3)8-14-17(19)12-6-4-5-7-13(12)23-14/h4-10H,1-3H3. The molecule has 2 aromatic carbocycles. The molecule has 0 saturated heterocycles. The molecule has 2 aromatic rings. The lowest BCUT2D eigenvalue weighted by Gasteiger charge is -2.13. The molecule has 5 heteroatoms. The molecule has 118 valence electrons. The highest BCUT2D eigenvalue weighted by molar-refractivity contribution is 6.14. The molecule has 0 aromatic heterocycles. The van der Waals surface area contributed by atoms with Gasteiger partial charge in [-0.1, -0.05) is 12.1 Å². The molecule has 0 amide bonds. The van der Waals surface area contributed by atoms with E-state index in [1.807, 2.05) is 12.1 Å². The number of benzene rings is 2. The van der Waals surface area contributed by atoms with E-state index in [4.69, 9.17) is 18.9 Å². The van der Waals surface area contributed by atoms with Gasteiger partial charge in [-0.05, 0) is 35.9 Å². The van der Waals surface area contributed by atoms with Crippen LogP contribution in [0.2, 0.25) is 0 Å². The SMILES string of the molecule is COc1cc(C=C2Oc3ccccc3C2=O)cc(OC)c1OC. The number of Topliss-reactive ketones (excluding diaryl/α,β-unsaturated/α-hetero) is 1. The van der Waals surface area contributed by atoms with Gasteiger partial charge in [0.15, 0.2) is 17.3 Å². The average molecular weight is 312 g/mol. The van der Waals surface area contributed by atoms with Crippen LogP contribution in [0.25, 0.3) is 6.08 Å². The molecule has 1 aliphatic heterocycles. The molecule has 0 saturated carbocycles. The summed E-state index contributed by atoms with van der Waals surface area (Å²) >= 11 is 0. The van der Waals surface area contributed by atoms with Crippen molar-refractivity contribution in [2.24, 2.45) is 0 Å². The van der Waals surface area contributed by atoms with E-state index in [2.05, 4.69) is 0 Å². The summed E-state index contributed by atoms with van der Waals surface area (Å²) in [6.07, 6.45) is 1.66. The molecule has 1 aliphatic rings. The van der Waals surface area contributed by atoms with Gasteiger partial charge in [0.1, 0.15) is 5.75 Å². The van der Waals surface area contributed by atoms with Gasteiger partial charge in [0.2, 0.25) is 11.5 Å². The van der Waals surface area contributed by atoms with E-state index >= 15 is 0 Å². The maximum atomic E-state index is 12.4. The molecule has 0 aliphatic carbocycles. The van der Waals surface area contributed by atoms with Crippen molar-refractivity contribution in [1.82, 2.24) is 0 Å². The van der Waals surface area contributed by atoms with Gasteiger partial charge in [-0.2, -0.15) is 0 Å². The minimum absolute atomic E-state index is 0.144. The van der Waals surface area contributed by atoms with E-state index < -0.39 is 0 Å². The van der Waals surface area contributed by atoms with Crippen LogP contribution in [0.4, 0.5) is 0 Å². The second kappa shape index (κ2) is 6.04. The Hall–Kier alpha value is -2.95. The number of carbonyl (C=O) groups excluding carboxylic acids is 1. The summed E-state index contributed by atoms with van der Waals surface area (Å²) in [4.78, 5) is 12.4. The Labute approximate surface area is 134 Å². The van der Waals surface area contributed by atoms with Gasteiger partial charge in [0, 0.05) is 0 Å². The number of hydrogen-bond acceptors (Lipinski definition) is 5. The van der Waals surface area contributed by atoms with E-state index in [-0.39, 0.29) is 11.5 Å². The number of ketones is 1. The van der Waals surface area contributed by atoms with Gasteiger partial charge in [-0.3, -0.25) is 4.79 Å². The third-order valence-corrected chi connectivity index (χ3v) is 3.56. The number of hydrogen-bond donors (Lipinski definition) is 0. The fourth-order valence-electron chi connectivity index (χ4n) is 2.47. The van der Waals surface area contributed by atoms with Crippen LogP contribution in [-0.4, -0.2) is 27.1 Å². The Bertz CT molecular complexity index is 767. The molecule has 3 rings (SSSR count). The third-order valence-electron chi connectivity index (χ3n) is 3.56. The predicted molar refractivity (Wildman–Crippen MR) is 85.5 cm³/mol. The highest BCUT2D eigenvalue weighted by atomic mass is 16.5. The molecule has 0 radical (unpaired) electrons. The zero-order chi connectivity index (χ0) is 16.4. The summed E-state index contributed by atoms with van der Waals surface area (Å²) in [5.41, 5.74) is 1.28. The zero-order valence-electron chi connectivity index (χ0n) is 13.1. The van der Waals surface area contributed by atoms with Gasteiger partial charge in [0.05, 0.1) is 26.9 Å². The first-order valence-corrected chi connectivity index (χ1v) is 7.01. The molecule has 5 nitrogen and oxygen atoms in total. The molecule has 1 heterocycles. The first kappa shape index (κ1) is 15.0. The van der Waals surface area contributed by atoms with Gasteiger partial charge in [-0.25, -0.2) is 0 Å². The van der Waals surface area contributed by atoms with Gasteiger partial charge >= 0.3 is 0 Å². The molecule has 0 bridgehead atoms. The van der Waals surface area contributed by atoms with Crippen molar-refractivity contribution in [3.63, 3.8) is 0 Å². The van der Waals surface area contributed by atoms with Crippen LogP contribution in [0.3, 0.4) is 0 Å². The zero-order valence-corrected chi connectivity index (χ0v) is 13.1. The minimum atomic E-state index is -0.144. The lowest BCUT2D eigenvalue weighted by Crippen LogP contribution is -1.99. The Morgan fingerprint density at radius 3 is 2.17 bits per heavy atom. The number of para-hydroxylation sites is 1. The van der Waals surface area contributed by atoms with Crippen LogP contribution < -0.4 is 18.9 Å². The van der Waals surface area contributed by atoms with E-state index in [9.17, 15) is 4.79 Å². The quantitative estimate of drug-likeness (QED) is 0.811. The second-order valence-electron chi connectivity index (χ2n) is 4.89. The fourth-order valence-corrected chi connectivity index (χ4v) is 2.47. The van der Waals surface area contributed by atoms with Crippen molar-refractivity contribution in [3.05, 3.63) is 53.3 Å². The molecule has 23 heavy (non-hydrogen) atoms. The van der Waals surface area contributed by atoms with Crippen molar-refractivity contribution >= 4 is 11.9 Å². The first-order valence-electron chi connectivity index (χ1n) is 7.01. The Balaban J connectivity index is 2.02. The summed E-state index contributed by atoms with van der Waals surface area (Å²) < 4.78 is 21.5. The van der Waals surface area contributed by atoms with Crippen LogP contribution in [0, 0.1) is 0 Å². The van der Waals surface area contributed by atoms with E-state index in [0.29, 0.717) is 28.6 Å². The van der Waals surface area contributed by atoms with Gasteiger partial charge in [0.25, 0.3) is 0 Å². The van der Waals surface area contributed by atoms with Crippen molar-refractivity contribution < 1.29 is 23.7 Å². The smallest absolute Gasteiger partial charge is 0.231 e. The number of methoxy groups -OCH3 is 3.